The van der Waals surface area contributed by atoms with Gasteiger partial charge in [0.1, 0.15) is 6.04 Å². The van der Waals surface area contributed by atoms with Crippen molar-refractivity contribution in [3.05, 3.63) is 69.7 Å². The smallest absolute Gasteiger partial charge is 0.252 e. The molecule has 2 amide bonds. The number of halogens is 1. The molecule has 0 unspecified atom stereocenters. The minimum absolute atomic E-state index is 0.0330. The fourth-order valence-electron chi connectivity index (χ4n) is 2.79. The number of benzene rings is 2. The van der Waals surface area contributed by atoms with E-state index < -0.39 is 6.04 Å². The number of aryl methyl sites for hydroxylation is 1. The van der Waals surface area contributed by atoms with E-state index in [1.165, 1.54) is 0 Å². The van der Waals surface area contributed by atoms with Crippen LogP contribution in [-0.4, -0.2) is 17.9 Å². The van der Waals surface area contributed by atoms with Crippen molar-refractivity contribution < 1.29 is 9.59 Å². The summed E-state index contributed by atoms with van der Waals surface area (Å²) in [7, 11) is 0. The summed E-state index contributed by atoms with van der Waals surface area (Å²) >= 11 is 3.51. The molecule has 0 bridgehead atoms. The summed E-state index contributed by atoms with van der Waals surface area (Å²) in [6.45, 7) is 7.66. The zero-order chi connectivity index (χ0) is 19.3. The zero-order valence-corrected chi connectivity index (χ0v) is 17.1. The van der Waals surface area contributed by atoms with E-state index in [-0.39, 0.29) is 23.8 Å². The largest absolute Gasteiger partial charge is 0.348 e. The number of hydrogen-bond acceptors (Lipinski definition) is 2. The number of carbonyl (C=O) groups excluding carboxylic acids is 2. The van der Waals surface area contributed by atoms with Crippen molar-refractivity contribution >= 4 is 27.7 Å². The van der Waals surface area contributed by atoms with Crippen LogP contribution < -0.4 is 10.6 Å². The SMILES string of the molecule is Cc1ccccc1C(=O)N[C@H](C(=O)N[C@H](C)c1ccccc1Br)C(C)C. The molecule has 0 aliphatic carbocycles. The van der Waals surface area contributed by atoms with Crippen molar-refractivity contribution in [1.29, 1.82) is 0 Å². The summed E-state index contributed by atoms with van der Waals surface area (Å²) in [5.74, 6) is -0.454. The Morgan fingerprint density at radius 3 is 2.15 bits per heavy atom. The molecule has 2 rings (SSSR count). The molecule has 0 saturated carbocycles. The van der Waals surface area contributed by atoms with Crippen molar-refractivity contribution in [2.75, 3.05) is 0 Å². The van der Waals surface area contributed by atoms with Crippen molar-refractivity contribution in [2.45, 2.75) is 39.8 Å². The van der Waals surface area contributed by atoms with E-state index in [9.17, 15) is 9.59 Å². The summed E-state index contributed by atoms with van der Waals surface area (Å²) in [5.41, 5.74) is 2.47. The van der Waals surface area contributed by atoms with Crippen molar-refractivity contribution in [3.8, 4) is 0 Å². The molecule has 0 radical (unpaired) electrons. The highest BCUT2D eigenvalue weighted by molar-refractivity contribution is 9.10. The minimum Gasteiger partial charge on any atom is -0.348 e. The number of hydrogen-bond donors (Lipinski definition) is 2. The van der Waals surface area contributed by atoms with Crippen LogP contribution in [0.25, 0.3) is 0 Å². The Morgan fingerprint density at radius 1 is 0.923 bits per heavy atom. The van der Waals surface area contributed by atoms with Crippen LogP contribution in [-0.2, 0) is 4.79 Å². The summed E-state index contributed by atoms with van der Waals surface area (Å²) in [6, 6.07) is 14.4. The van der Waals surface area contributed by atoms with Gasteiger partial charge in [-0.1, -0.05) is 66.2 Å². The molecule has 2 N–H and O–H groups in total. The van der Waals surface area contributed by atoms with Crippen molar-refractivity contribution in [3.63, 3.8) is 0 Å². The maximum Gasteiger partial charge on any atom is 0.252 e. The molecule has 0 heterocycles. The van der Waals surface area contributed by atoms with Gasteiger partial charge < -0.3 is 10.6 Å². The van der Waals surface area contributed by atoms with Crippen LogP contribution in [0.5, 0.6) is 0 Å². The highest BCUT2D eigenvalue weighted by atomic mass is 79.9. The number of rotatable bonds is 6. The van der Waals surface area contributed by atoms with Gasteiger partial charge in [0, 0.05) is 10.0 Å². The summed E-state index contributed by atoms with van der Waals surface area (Å²) in [5, 5.41) is 5.89. The number of carbonyl (C=O) groups is 2. The maximum absolute atomic E-state index is 12.8. The minimum atomic E-state index is -0.605. The van der Waals surface area contributed by atoms with Gasteiger partial charge in [0.2, 0.25) is 5.91 Å². The average Bonchev–Trinajstić information content (AvgIpc) is 2.59. The molecule has 5 heteroatoms. The lowest BCUT2D eigenvalue weighted by Crippen LogP contribution is -2.50. The quantitative estimate of drug-likeness (QED) is 0.733. The molecule has 0 aromatic heterocycles. The Hall–Kier alpha value is -2.14. The topological polar surface area (TPSA) is 58.2 Å². The van der Waals surface area contributed by atoms with Crippen LogP contribution in [0, 0.1) is 12.8 Å². The second kappa shape index (κ2) is 8.99. The molecule has 4 nitrogen and oxygen atoms in total. The lowest BCUT2D eigenvalue weighted by Gasteiger charge is -2.25. The number of nitrogens with one attached hydrogen (secondary N) is 2. The second-order valence-corrected chi connectivity index (χ2v) is 7.62. The van der Waals surface area contributed by atoms with E-state index in [4.69, 9.17) is 0 Å². The summed E-state index contributed by atoms with van der Waals surface area (Å²) in [6.07, 6.45) is 0. The van der Waals surface area contributed by atoms with Gasteiger partial charge in [0.05, 0.1) is 6.04 Å². The van der Waals surface area contributed by atoms with E-state index >= 15 is 0 Å². The third-order valence-corrected chi connectivity index (χ3v) is 5.08. The average molecular weight is 417 g/mol. The lowest BCUT2D eigenvalue weighted by atomic mass is 10.0. The molecule has 0 aliphatic heterocycles. The van der Waals surface area contributed by atoms with Crippen LogP contribution >= 0.6 is 15.9 Å². The Labute approximate surface area is 163 Å². The van der Waals surface area contributed by atoms with E-state index in [2.05, 4.69) is 26.6 Å². The third kappa shape index (κ3) is 4.94. The van der Waals surface area contributed by atoms with Gasteiger partial charge in [-0.2, -0.15) is 0 Å². The Kier molecular flexibility index (Phi) is 6.98. The van der Waals surface area contributed by atoms with Gasteiger partial charge in [-0.05, 0) is 43.0 Å². The second-order valence-electron chi connectivity index (χ2n) is 6.76. The van der Waals surface area contributed by atoms with Gasteiger partial charge >= 0.3 is 0 Å². The predicted octanol–water partition coefficient (Wildman–Crippen LogP) is 4.39. The van der Waals surface area contributed by atoms with Crippen LogP contribution in [0.4, 0.5) is 0 Å². The Bertz CT molecular complexity index is 789. The molecule has 2 aromatic rings. The maximum atomic E-state index is 12.8. The summed E-state index contributed by atoms with van der Waals surface area (Å²) in [4.78, 5) is 25.4. The monoisotopic (exact) mass is 416 g/mol. The fraction of sp³-hybridized carbons (Fsp3) is 0.333. The standard InChI is InChI=1S/C21H25BrN2O2/c1-13(2)19(24-20(25)16-10-6-5-9-14(16)3)21(26)23-15(4)17-11-7-8-12-18(17)22/h5-13,15,19H,1-4H3,(H,23,26)(H,24,25)/t15-,19+/m1/s1. The first kappa shape index (κ1) is 20.2. The lowest BCUT2D eigenvalue weighted by molar-refractivity contribution is -0.124. The van der Waals surface area contributed by atoms with Crippen LogP contribution in [0.3, 0.4) is 0 Å². The van der Waals surface area contributed by atoms with Gasteiger partial charge in [0.15, 0.2) is 0 Å². The van der Waals surface area contributed by atoms with Gasteiger partial charge in [0.25, 0.3) is 5.91 Å². The summed E-state index contributed by atoms with van der Waals surface area (Å²) < 4.78 is 0.942. The van der Waals surface area contributed by atoms with E-state index in [0.29, 0.717) is 5.56 Å². The molecule has 0 saturated heterocycles. The fourth-order valence-corrected chi connectivity index (χ4v) is 3.42. The first-order valence-corrected chi connectivity index (χ1v) is 9.52. The van der Waals surface area contributed by atoms with Gasteiger partial charge in [-0.15, -0.1) is 0 Å². The third-order valence-electron chi connectivity index (χ3n) is 4.36. The van der Waals surface area contributed by atoms with Crippen molar-refractivity contribution in [2.24, 2.45) is 5.92 Å². The zero-order valence-electron chi connectivity index (χ0n) is 15.5. The number of amides is 2. The molecule has 26 heavy (non-hydrogen) atoms. The highest BCUT2D eigenvalue weighted by Crippen LogP contribution is 2.23. The first-order valence-electron chi connectivity index (χ1n) is 8.72. The highest BCUT2D eigenvalue weighted by Gasteiger charge is 2.26. The Balaban J connectivity index is 2.11. The molecule has 0 aliphatic rings. The molecular weight excluding hydrogens is 392 g/mol. The van der Waals surface area contributed by atoms with Crippen LogP contribution in [0.2, 0.25) is 0 Å². The van der Waals surface area contributed by atoms with E-state index in [1.807, 2.05) is 70.2 Å². The Morgan fingerprint density at radius 2 is 1.54 bits per heavy atom. The van der Waals surface area contributed by atoms with Crippen molar-refractivity contribution in [1.82, 2.24) is 10.6 Å². The van der Waals surface area contributed by atoms with Crippen LogP contribution in [0.1, 0.15) is 48.3 Å². The first-order chi connectivity index (χ1) is 12.3. The van der Waals surface area contributed by atoms with Gasteiger partial charge in [-0.25, -0.2) is 0 Å². The molecule has 2 aromatic carbocycles. The van der Waals surface area contributed by atoms with Crippen LogP contribution in [0.15, 0.2) is 53.0 Å². The normalized spacial score (nSPS) is 13.2. The van der Waals surface area contributed by atoms with Gasteiger partial charge in [-0.3, -0.25) is 9.59 Å². The van der Waals surface area contributed by atoms with E-state index in [0.717, 1.165) is 15.6 Å². The molecule has 2 atom stereocenters. The van der Waals surface area contributed by atoms with E-state index in [1.54, 1.807) is 6.07 Å². The molecular formula is C21H25BrN2O2. The molecule has 0 spiro atoms. The molecule has 0 fully saturated rings. The predicted molar refractivity (Wildman–Crippen MR) is 108 cm³/mol. The molecule has 138 valence electrons.